The summed E-state index contributed by atoms with van der Waals surface area (Å²) in [5.74, 6) is -0.418. The van der Waals surface area contributed by atoms with Gasteiger partial charge in [0.2, 0.25) is 5.91 Å². The third-order valence-corrected chi connectivity index (χ3v) is 6.89. The lowest BCUT2D eigenvalue weighted by Gasteiger charge is -2.37. The average molecular weight is 593 g/mol. The monoisotopic (exact) mass is 592 g/mol. The maximum absolute atomic E-state index is 11.5. The molecule has 3 aromatic rings. The van der Waals surface area contributed by atoms with Crippen LogP contribution in [0.15, 0.2) is 84.9 Å². The number of aliphatic carboxylic acids is 1. The van der Waals surface area contributed by atoms with Crippen LogP contribution in [0.25, 0.3) is 0 Å². The van der Waals surface area contributed by atoms with E-state index in [0.717, 1.165) is 35.4 Å². The molecule has 1 amide bonds. The summed E-state index contributed by atoms with van der Waals surface area (Å²) in [7, 11) is 1.68. The van der Waals surface area contributed by atoms with Gasteiger partial charge in [-0.3, -0.25) is 14.9 Å². The number of rotatable bonds is 22. The van der Waals surface area contributed by atoms with Crippen LogP contribution in [0.5, 0.6) is 5.75 Å². The molecule has 3 aromatic carbocycles. The second kappa shape index (κ2) is 19.4. The van der Waals surface area contributed by atoms with Crippen molar-refractivity contribution in [3.63, 3.8) is 0 Å². The summed E-state index contributed by atoms with van der Waals surface area (Å²) < 4.78 is 22.3. The molecule has 3 rings (SSSR count). The Morgan fingerprint density at radius 1 is 0.651 bits per heavy atom. The van der Waals surface area contributed by atoms with E-state index in [1.54, 1.807) is 7.11 Å². The quantitative estimate of drug-likeness (QED) is 0.116. The van der Waals surface area contributed by atoms with Crippen molar-refractivity contribution in [1.29, 1.82) is 0 Å². The van der Waals surface area contributed by atoms with Crippen molar-refractivity contribution in [2.75, 3.05) is 59.8 Å². The summed E-state index contributed by atoms with van der Waals surface area (Å²) in [6.07, 6.45) is 1.32. The minimum atomic E-state index is -0.977. The van der Waals surface area contributed by atoms with E-state index in [1.165, 1.54) is 0 Å². The van der Waals surface area contributed by atoms with E-state index in [4.69, 9.17) is 24.1 Å². The molecule has 0 radical (unpaired) electrons. The van der Waals surface area contributed by atoms with Crippen molar-refractivity contribution in [3.05, 3.63) is 102 Å². The largest absolute Gasteiger partial charge is 0.497 e. The Kier molecular flexibility index (Phi) is 15.2. The van der Waals surface area contributed by atoms with Crippen LogP contribution in [0.1, 0.15) is 42.4 Å². The van der Waals surface area contributed by atoms with Gasteiger partial charge >= 0.3 is 5.97 Å². The standard InChI is InChI=1S/C34H44N2O7/c1-40-31-16-14-30(15-17-31)34(28-10-4-2-5-11-28,29-12-6-3-7-13-29)36-21-9-23-42-25-27-43-26-24-41-22-8-20-35-32(37)18-19-33(38)39/h2-7,10-17,36H,8-9,18-27H2,1H3,(H,35,37)(H,38,39). The summed E-state index contributed by atoms with van der Waals surface area (Å²) in [6, 6.07) is 29.2. The molecule has 3 N–H and O–H groups in total. The second-order valence-corrected chi connectivity index (χ2v) is 9.93. The highest BCUT2D eigenvalue weighted by Crippen LogP contribution is 2.37. The van der Waals surface area contributed by atoms with Gasteiger partial charge in [0.1, 0.15) is 5.75 Å². The molecule has 0 atom stereocenters. The number of nitrogens with one attached hydrogen (secondary N) is 2. The Hall–Kier alpha value is -3.76. The fraction of sp³-hybridized carbons (Fsp3) is 0.412. The highest BCUT2D eigenvalue weighted by molar-refractivity contribution is 5.80. The number of hydrogen-bond donors (Lipinski definition) is 3. The van der Waals surface area contributed by atoms with Gasteiger partial charge in [0.05, 0.1) is 45.5 Å². The zero-order valence-corrected chi connectivity index (χ0v) is 25.0. The number of carbonyl (C=O) groups is 2. The Balaban J connectivity index is 1.37. The van der Waals surface area contributed by atoms with Crippen molar-refractivity contribution in [2.24, 2.45) is 0 Å². The lowest BCUT2D eigenvalue weighted by molar-refractivity contribution is -0.138. The van der Waals surface area contributed by atoms with Crippen molar-refractivity contribution < 1.29 is 33.6 Å². The first kappa shape index (κ1) is 33.7. The molecule has 0 heterocycles. The number of hydrogen-bond acceptors (Lipinski definition) is 7. The summed E-state index contributed by atoms with van der Waals surface area (Å²) in [6.45, 7) is 4.22. The maximum Gasteiger partial charge on any atom is 0.303 e. The molecule has 0 aliphatic rings. The van der Waals surface area contributed by atoms with Crippen molar-refractivity contribution in [1.82, 2.24) is 10.6 Å². The van der Waals surface area contributed by atoms with Crippen LogP contribution in [0.4, 0.5) is 0 Å². The Morgan fingerprint density at radius 2 is 1.14 bits per heavy atom. The van der Waals surface area contributed by atoms with Gasteiger partial charge in [-0.05, 0) is 48.2 Å². The third kappa shape index (κ3) is 11.4. The molecular formula is C34H44N2O7. The SMILES string of the molecule is COc1ccc(C(NCCCOCCOCCOCCCNC(=O)CCC(=O)O)(c2ccccc2)c2ccccc2)cc1. The molecule has 9 heteroatoms. The Bertz CT molecular complexity index is 1150. The molecule has 0 fully saturated rings. The van der Waals surface area contributed by atoms with Crippen LogP contribution in [0.3, 0.4) is 0 Å². The van der Waals surface area contributed by atoms with Gasteiger partial charge in [-0.2, -0.15) is 0 Å². The molecular weight excluding hydrogens is 548 g/mol. The van der Waals surface area contributed by atoms with E-state index >= 15 is 0 Å². The Labute approximate surface area is 254 Å². The number of amides is 1. The van der Waals surface area contributed by atoms with Crippen molar-refractivity contribution in [3.8, 4) is 5.75 Å². The number of methoxy groups -OCH3 is 1. The van der Waals surface area contributed by atoms with E-state index in [-0.39, 0.29) is 18.7 Å². The molecule has 0 unspecified atom stereocenters. The molecule has 0 aliphatic heterocycles. The van der Waals surface area contributed by atoms with Crippen molar-refractivity contribution >= 4 is 11.9 Å². The van der Waals surface area contributed by atoms with Crippen molar-refractivity contribution in [2.45, 2.75) is 31.2 Å². The van der Waals surface area contributed by atoms with Gasteiger partial charge in [0.15, 0.2) is 0 Å². The van der Waals surface area contributed by atoms with E-state index in [1.807, 2.05) is 24.3 Å². The first-order valence-electron chi connectivity index (χ1n) is 14.8. The zero-order chi connectivity index (χ0) is 30.6. The lowest BCUT2D eigenvalue weighted by Crippen LogP contribution is -2.45. The summed E-state index contributed by atoms with van der Waals surface area (Å²) in [5, 5.41) is 15.1. The normalized spacial score (nSPS) is 11.3. The van der Waals surface area contributed by atoms with Crippen LogP contribution < -0.4 is 15.4 Å². The molecule has 0 bridgehead atoms. The highest BCUT2D eigenvalue weighted by Gasteiger charge is 2.35. The van der Waals surface area contributed by atoms with Gasteiger partial charge in [-0.25, -0.2) is 0 Å². The van der Waals surface area contributed by atoms with Crippen LogP contribution in [-0.4, -0.2) is 76.8 Å². The van der Waals surface area contributed by atoms with Gasteiger partial charge in [-0.1, -0.05) is 72.8 Å². The number of benzene rings is 3. The summed E-state index contributed by atoms with van der Waals surface area (Å²) in [5.41, 5.74) is 2.90. The fourth-order valence-corrected chi connectivity index (χ4v) is 4.73. The van der Waals surface area contributed by atoms with Crippen LogP contribution >= 0.6 is 0 Å². The van der Waals surface area contributed by atoms with Crippen LogP contribution in [-0.2, 0) is 29.3 Å². The molecule has 0 aliphatic carbocycles. The fourth-order valence-electron chi connectivity index (χ4n) is 4.73. The third-order valence-electron chi connectivity index (χ3n) is 6.89. The second-order valence-electron chi connectivity index (χ2n) is 9.93. The summed E-state index contributed by atoms with van der Waals surface area (Å²) >= 11 is 0. The van der Waals surface area contributed by atoms with Gasteiger partial charge in [-0.15, -0.1) is 0 Å². The van der Waals surface area contributed by atoms with Gasteiger partial charge < -0.3 is 29.4 Å². The van der Waals surface area contributed by atoms with E-state index in [9.17, 15) is 9.59 Å². The number of ether oxygens (including phenoxy) is 4. The molecule has 43 heavy (non-hydrogen) atoms. The number of carbonyl (C=O) groups excluding carboxylic acids is 1. The highest BCUT2D eigenvalue weighted by atomic mass is 16.5. The molecule has 0 spiro atoms. The average Bonchev–Trinajstić information content (AvgIpc) is 3.04. The first-order chi connectivity index (χ1) is 21.1. The molecule has 0 saturated heterocycles. The van der Waals surface area contributed by atoms with E-state index in [2.05, 4.69) is 71.3 Å². The van der Waals surface area contributed by atoms with Gasteiger partial charge in [0, 0.05) is 26.2 Å². The molecule has 232 valence electrons. The predicted molar refractivity (Wildman–Crippen MR) is 165 cm³/mol. The maximum atomic E-state index is 11.5. The zero-order valence-electron chi connectivity index (χ0n) is 25.0. The lowest BCUT2D eigenvalue weighted by atomic mass is 9.77. The molecule has 9 nitrogen and oxygen atoms in total. The predicted octanol–water partition coefficient (Wildman–Crippen LogP) is 4.39. The number of carboxylic acid groups (broad SMARTS) is 1. The van der Waals surface area contributed by atoms with Gasteiger partial charge in [0.25, 0.3) is 0 Å². The Morgan fingerprint density at radius 3 is 1.65 bits per heavy atom. The van der Waals surface area contributed by atoms with Crippen LogP contribution in [0, 0.1) is 0 Å². The van der Waals surface area contributed by atoms with E-state index < -0.39 is 11.5 Å². The smallest absolute Gasteiger partial charge is 0.303 e. The minimum absolute atomic E-state index is 0.00549. The minimum Gasteiger partial charge on any atom is -0.497 e. The first-order valence-corrected chi connectivity index (χ1v) is 14.8. The topological polar surface area (TPSA) is 115 Å². The molecule has 0 aromatic heterocycles. The summed E-state index contributed by atoms with van der Waals surface area (Å²) in [4.78, 5) is 21.9. The number of carboxylic acids is 1. The molecule has 0 saturated carbocycles. The van der Waals surface area contributed by atoms with Crippen LogP contribution in [0.2, 0.25) is 0 Å². The van der Waals surface area contributed by atoms with E-state index in [0.29, 0.717) is 52.6 Å².